The van der Waals surface area contributed by atoms with Crippen molar-refractivity contribution >= 4 is 27.6 Å². The van der Waals surface area contributed by atoms with Gasteiger partial charge in [-0.1, -0.05) is 5.21 Å². The predicted molar refractivity (Wildman–Crippen MR) is 242 cm³/mol. The smallest absolute Gasteiger partial charge is 0.190 e. The topological polar surface area (TPSA) is 199 Å². The normalized spacial score (nSPS) is 11.7. The van der Waals surface area contributed by atoms with Gasteiger partial charge in [0, 0.05) is 54.9 Å². The first-order chi connectivity index (χ1) is 32.1. The molecule has 360 valence electrons. The summed E-state index contributed by atoms with van der Waals surface area (Å²) >= 11 is 0. The fourth-order valence-electron chi connectivity index (χ4n) is 6.41. The molecular formula is C46H67N5O14. The third-order valence-electron chi connectivity index (χ3n) is 9.75. The zero-order chi connectivity index (χ0) is 45.6. The lowest BCUT2D eigenvalue weighted by Gasteiger charge is -2.21. The van der Waals surface area contributed by atoms with Gasteiger partial charge >= 0.3 is 0 Å². The second kappa shape index (κ2) is 31.5. The Hall–Kier alpha value is -4.38. The highest BCUT2D eigenvalue weighted by Crippen LogP contribution is 2.33. The fraction of sp³-hybridized carbons (Fsp3) is 0.609. The Morgan fingerprint density at radius 3 is 1.75 bits per heavy atom. The van der Waals surface area contributed by atoms with Gasteiger partial charge in [0.1, 0.15) is 29.3 Å². The Morgan fingerprint density at radius 1 is 0.615 bits per heavy atom. The van der Waals surface area contributed by atoms with Gasteiger partial charge in [-0.3, -0.25) is 4.79 Å². The summed E-state index contributed by atoms with van der Waals surface area (Å²) in [5, 5.41) is 18.2. The summed E-state index contributed by atoms with van der Waals surface area (Å²) in [6, 6.07) is 12.8. The summed E-state index contributed by atoms with van der Waals surface area (Å²) in [5.74, 6) is 1.05. The summed E-state index contributed by atoms with van der Waals surface area (Å²) in [4.78, 5) is 20.0. The maximum Gasteiger partial charge on any atom is 0.190 e. The van der Waals surface area contributed by atoms with Crippen LogP contribution < -0.4 is 15.1 Å². The third kappa shape index (κ3) is 19.2. The third-order valence-corrected chi connectivity index (χ3v) is 9.75. The van der Waals surface area contributed by atoms with Crippen molar-refractivity contribution < 1.29 is 61.6 Å². The van der Waals surface area contributed by atoms with E-state index in [1.165, 1.54) is 6.07 Å². The standard InChI is InChI=1S/C46H67N5O14/c1-3-50(4-2)38-6-9-42-44(32-38)65-45-34-43(53)40-8-7-39(33-41(40)46(45)47-42)64-31-30-62-27-26-60-23-22-58-21-19-57-17-15-55-13-10-51-35-37(48-49-51)36-63-29-28-61-25-24-59-20-18-56-16-14-54-12-5-11-52/h6-9,32-35,52H,3-5,10-31,36H2,1-2H3. The molecule has 0 bridgehead atoms. The van der Waals surface area contributed by atoms with E-state index >= 15 is 0 Å². The SMILES string of the molecule is CCN(CC)c1ccc2nc3c4cc(OCCOCCOCCOCCOCCOCCn5cc(COCCOCCOCCOCCOCCCO)nn5)ccc4c(=O)cc-3oc2c1. The number of rotatable bonds is 39. The Balaban J connectivity index is 0.788. The fourth-order valence-corrected chi connectivity index (χ4v) is 6.41. The molecule has 19 heteroatoms. The summed E-state index contributed by atoms with van der Waals surface area (Å²) in [5.41, 5.74) is 3.62. The highest BCUT2D eigenvalue weighted by molar-refractivity contribution is 5.97. The van der Waals surface area contributed by atoms with Crippen LogP contribution in [0.5, 0.6) is 5.75 Å². The second-order valence-corrected chi connectivity index (χ2v) is 14.4. The molecule has 2 aromatic carbocycles. The van der Waals surface area contributed by atoms with E-state index in [0.29, 0.717) is 185 Å². The van der Waals surface area contributed by atoms with Gasteiger partial charge in [0.05, 0.1) is 138 Å². The van der Waals surface area contributed by atoms with Crippen LogP contribution in [0.15, 0.2) is 57.9 Å². The molecule has 2 heterocycles. The lowest BCUT2D eigenvalue weighted by Crippen LogP contribution is -2.21. The van der Waals surface area contributed by atoms with Crippen molar-refractivity contribution in [3.05, 3.63) is 64.6 Å². The summed E-state index contributed by atoms with van der Waals surface area (Å²) in [7, 11) is 0. The zero-order valence-electron chi connectivity index (χ0n) is 38.0. The monoisotopic (exact) mass is 913 g/mol. The van der Waals surface area contributed by atoms with Gasteiger partial charge in [0.2, 0.25) is 0 Å². The maximum atomic E-state index is 12.9. The first-order valence-electron chi connectivity index (χ1n) is 22.6. The van der Waals surface area contributed by atoms with E-state index in [1.807, 2.05) is 30.5 Å². The van der Waals surface area contributed by atoms with E-state index in [9.17, 15) is 4.79 Å². The minimum absolute atomic E-state index is 0.130. The van der Waals surface area contributed by atoms with Gasteiger partial charge < -0.3 is 66.5 Å². The molecule has 0 saturated heterocycles. The van der Waals surface area contributed by atoms with Crippen LogP contribution in [-0.2, 0) is 60.5 Å². The molecule has 0 unspecified atom stereocenters. The van der Waals surface area contributed by atoms with Crippen LogP contribution in [-0.4, -0.2) is 177 Å². The van der Waals surface area contributed by atoms with Crippen LogP contribution in [0, 0.1) is 0 Å². The van der Waals surface area contributed by atoms with Gasteiger partial charge in [-0.2, -0.15) is 0 Å². The first kappa shape index (κ1) is 51.6. The van der Waals surface area contributed by atoms with Crippen molar-refractivity contribution in [3.63, 3.8) is 0 Å². The van der Waals surface area contributed by atoms with Crippen molar-refractivity contribution in [3.8, 4) is 17.2 Å². The number of aliphatic hydroxyl groups excluding tert-OH is 1. The molecule has 19 nitrogen and oxygen atoms in total. The van der Waals surface area contributed by atoms with Crippen LogP contribution >= 0.6 is 0 Å². The number of hydrogen-bond acceptors (Lipinski definition) is 18. The number of fused-ring (bicyclic) bond motifs is 4. The van der Waals surface area contributed by atoms with Crippen LogP contribution in [0.2, 0.25) is 0 Å². The van der Waals surface area contributed by atoms with Gasteiger partial charge in [-0.05, 0) is 50.6 Å². The highest BCUT2D eigenvalue weighted by atomic mass is 16.6. The van der Waals surface area contributed by atoms with E-state index in [4.69, 9.17) is 66.6 Å². The molecule has 1 aliphatic heterocycles. The Kier molecular flexibility index (Phi) is 25.0. The van der Waals surface area contributed by atoms with Gasteiger partial charge in [-0.25, -0.2) is 9.67 Å². The lowest BCUT2D eigenvalue weighted by molar-refractivity contribution is -0.0133. The molecule has 1 N–H and O–H groups in total. The van der Waals surface area contributed by atoms with Gasteiger partial charge in [0.25, 0.3) is 0 Å². The van der Waals surface area contributed by atoms with Gasteiger partial charge in [-0.15, -0.1) is 5.10 Å². The molecule has 5 rings (SSSR count). The predicted octanol–water partition coefficient (Wildman–Crippen LogP) is 4.01. The molecule has 0 radical (unpaired) electrons. The van der Waals surface area contributed by atoms with Crippen LogP contribution in [0.4, 0.5) is 5.69 Å². The Morgan fingerprint density at radius 2 is 1.17 bits per heavy atom. The van der Waals surface area contributed by atoms with E-state index in [0.717, 1.165) is 30.0 Å². The van der Waals surface area contributed by atoms with Crippen LogP contribution in [0.25, 0.3) is 33.3 Å². The minimum atomic E-state index is -0.130. The summed E-state index contributed by atoms with van der Waals surface area (Å²) in [6.07, 6.45) is 2.47. The van der Waals surface area contributed by atoms with Crippen LogP contribution in [0.3, 0.4) is 0 Å². The number of benzene rings is 3. The first-order valence-corrected chi connectivity index (χ1v) is 22.6. The number of ether oxygens (including phenoxy) is 11. The number of anilines is 1. The molecule has 0 fully saturated rings. The Labute approximate surface area is 380 Å². The summed E-state index contributed by atoms with van der Waals surface area (Å²) < 4.78 is 69.2. The second-order valence-electron chi connectivity index (χ2n) is 14.4. The Bertz CT molecular complexity index is 2050. The largest absolute Gasteiger partial charge is 0.491 e. The lowest BCUT2D eigenvalue weighted by atomic mass is 10.0. The van der Waals surface area contributed by atoms with E-state index in [1.54, 1.807) is 16.8 Å². The molecule has 1 aromatic heterocycles. The zero-order valence-corrected chi connectivity index (χ0v) is 38.0. The molecule has 0 atom stereocenters. The van der Waals surface area contributed by atoms with E-state index < -0.39 is 0 Å². The van der Waals surface area contributed by atoms with Crippen LogP contribution in [0.1, 0.15) is 26.0 Å². The van der Waals surface area contributed by atoms with Crippen molar-refractivity contribution in [2.45, 2.75) is 33.4 Å². The molecule has 3 aromatic rings. The molecule has 1 aliphatic carbocycles. The van der Waals surface area contributed by atoms with E-state index in [-0.39, 0.29) is 12.0 Å². The molecular weight excluding hydrogens is 847 g/mol. The molecule has 2 aliphatic rings. The van der Waals surface area contributed by atoms with Crippen molar-refractivity contribution in [2.24, 2.45) is 0 Å². The number of nitrogens with zero attached hydrogens (tertiary/aromatic N) is 5. The molecule has 0 amide bonds. The molecule has 0 spiro atoms. The number of aromatic nitrogens is 4. The molecule has 65 heavy (non-hydrogen) atoms. The number of hydrogen-bond donors (Lipinski definition) is 1. The van der Waals surface area contributed by atoms with Crippen molar-refractivity contribution in [2.75, 3.05) is 157 Å². The van der Waals surface area contributed by atoms with Crippen molar-refractivity contribution in [1.29, 1.82) is 0 Å². The highest BCUT2D eigenvalue weighted by Gasteiger charge is 2.17. The quantitative estimate of drug-likeness (QED) is 0.0337. The average Bonchev–Trinajstić information content (AvgIpc) is 3.78. The van der Waals surface area contributed by atoms with E-state index in [2.05, 4.69) is 29.1 Å². The molecule has 0 saturated carbocycles. The van der Waals surface area contributed by atoms with Gasteiger partial charge in [0.15, 0.2) is 16.8 Å². The maximum absolute atomic E-state index is 12.9. The minimum Gasteiger partial charge on any atom is -0.491 e. The van der Waals surface area contributed by atoms with Crippen molar-refractivity contribution in [1.82, 2.24) is 20.0 Å². The summed E-state index contributed by atoms with van der Waals surface area (Å²) in [6.45, 7) is 16.3. The number of aliphatic hydroxyl groups is 1. The average molecular weight is 914 g/mol.